The van der Waals surface area contributed by atoms with Crippen molar-refractivity contribution in [2.24, 2.45) is 0 Å². The molecule has 1 saturated carbocycles. The zero-order valence-electron chi connectivity index (χ0n) is 19.9. The van der Waals surface area contributed by atoms with Gasteiger partial charge in [0.25, 0.3) is 5.56 Å². The van der Waals surface area contributed by atoms with E-state index in [-0.39, 0.29) is 29.3 Å². The summed E-state index contributed by atoms with van der Waals surface area (Å²) in [6, 6.07) is 15.3. The van der Waals surface area contributed by atoms with Crippen LogP contribution in [0.5, 0.6) is 5.75 Å². The van der Waals surface area contributed by atoms with E-state index in [2.05, 4.69) is 15.5 Å². The molecule has 2 aromatic heterocycles. The number of hydrogen-bond acceptors (Lipinski definition) is 6. The fourth-order valence-corrected chi connectivity index (χ4v) is 5.60. The second-order valence-electron chi connectivity index (χ2n) is 8.94. The van der Waals surface area contributed by atoms with E-state index in [4.69, 9.17) is 4.74 Å². The summed E-state index contributed by atoms with van der Waals surface area (Å²) in [5.74, 6) is 1.14. The van der Waals surface area contributed by atoms with Crippen LogP contribution in [0.1, 0.15) is 44.6 Å². The fourth-order valence-electron chi connectivity index (χ4n) is 4.73. The highest BCUT2D eigenvalue weighted by Gasteiger charge is 2.24. The summed E-state index contributed by atoms with van der Waals surface area (Å²) in [6.07, 6.45) is 5.65. The molecule has 1 fully saturated rings. The molecule has 5 rings (SSSR count). The SMILES string of the molecule is COc1ccccc1Cn1c(=O)c2ccccc2n2c(SC(C)C(=O)NC3CCCCC3)nnc12. The Labute approximate surface area is 207 Å². The van der Waals surface area contributed by atoms with Gasteiger partial charge in [-0.05, 0) is 38.0 Å². The van der Waals surface area contributed by atoms with Gasteiger partial charge in [0.15, 0.2) is 5.16 Å². The van der Waals surface area contributed by atoms with Crippen molar-refractivity contribution >= 4 is 34.3 Å². The maximum absolute atomic E-state index is 13.5. The van der Waals surface area contributed by atoms with Crippen molar-refractivity contribution in [2.45, 2.75) is 62.0 Å². The molecule has 4 aromatic rings. The van der Waals surface area contributed by atoms with Gasteiger partial charge in [0.2, 0.25) is 11.7 Å². The Morgan fingerprint density at radius 2 is 1.86 bits per heavy atom. The molecule has 1 atom stereocenters. The lowest BCUT2D eigenvalue weighted by Crippen LogP contribution is -2.40. The lowest BCUT2D eigenvalue weighted by Gasteiger charge is -2.24. The third kappa shape index (κ3) is 4.65. The Bertz CT molecular complexity index is 1420. The molecule has 35 heavy (non-hydrogen) atoms. The number of carbonyl (C=O) groups is 1. The zero-order valence-corrected chi connectivity index (χ0v) is 20.8. The average molecular weight is 492 g/mol. The molecular formula is C26H29N5O3S. The molecule has 2 aromatic carbocycles. The fraction of sp³-hybridized carbons (Fsp3) is 0.385. The van der Waals surface area contributed by atoms with E-state index in [1.54, 1.807) is 11.7 Å². The number of amides is 1. The smallest absolute Gasteiger partial charge is 0.263 e. The van der Waals surface area contributed by atoms with E-state index in [0.717, 1.165) is 36.8 Å². The van der Waals surface area contributed by atoms with Crippen molar-refractivity contribution in [2.75, 3.05) is 7.11 Å². The molecule has 1 unspecified atom stereocenters. The third-order valence-corrected chi connectivity index (χ3v) is 7.64. The van der Waals surface area contributed by atoms with Crippen molar-refractivity contribution in [3.05, 3.63) is 64.4 Å². The summed E-state index contributed by atoms with van der Waals surface area (Å²) in [7, 11) is 1.61. The van der Waals surface area contributed by atoms with E-state index in [1.165, 1.54) is 18.2 Å². The zero-order chi connectivity index (χ0) is 24.4. The molecule has 1 amide bonds. The number of thioether (sulfide) groups is 1. The molecule has 1 aliphatic rings. The Balaban J connectivity index is 1.53. The molecule has 2 heterocycles. The van der Waals surface area contributed by atoms with Gasteiger partial charge in [0.05, 0.1) is 29.8 Å². The van der Waals surface area contributed by atoms with Gasteiger partial charge in [-0.15, -0.1) is 10.2 Å². The number of ether oxygens (including phenoxy) is 1. The number of aromatic nitrogens is 4. The summed E-state index contributed by atoms with van der Waals surface area (Å²) < 4.78 is 8.99. The minimum atomic E-state index is -0.349. The molecule has 182 valence electrons. The normalized spacial score (nSPS) is 15.4. The first-order valence-electron chi connectivity index (χ1n) is 12.0. The monoisotopic (exact) mass is 491 g/mol. The minimum Gasteiger partial charge on any atom is -0.496 e. The first kappa shape index (κ1) is 23.4. The molecule has 8 nitrogen and oxygen atoms in total. The number of para-hydroxylation sites is 2. The van der Waals surface area contributed by atoms with Gasteiger partial charge in [-0.2, -0.15) is 0 Å². The van der Waals surface area contributed by atoms with Crippen LogP contribution < -0.4 is 15.6 Å². The molecule has 9 heteroatoms. The van der Waals surface area contributed by atoms with Crippen LogP contribution in [0.3, 0.4) is 0 Å². The van der Waals surface area contributed by atoms with Gasteiger partial charge >= 0.3 is 0 Å². The van der Waals surface area contributed by atoms with Gasteiger partial charge in [0.1, 0.15) is 5.75 Å². The number of nitrogens with zero attached hydrogens (tertiary/aromatic N) is 4. The summed E-state index contributed by atoms with van der Waals surface area (Å²) in [5, 5.41) is 12.8. The van der Waals surface area contributed by atoms with Crippen LogP contribution in [-0.2, 0) is 11.3 Å². The van der Waals surface area contributed by atoms with Gasteiger partial charge < -0.3 is 10.1 Å². The summed E-state index contributed by atoms with van der Waals surface area (Å²) in [4.78, 5) is 26.4. The lowest BCUT2D eigenvalue weighted by molar-refractivity contribution is -0.121. The first-order valence-corrected chi connectivity index (χ1v) is 12.9. The number of rotatable bonds is 7. The third-order valence-electron chi connectivity index (χ3n) is 6.60. The highest BCUT2D eigenvalue weighted by atomic mass is 32.2. The quantitative estimate of drug-likeness (QED) is 0.393. The van der Waals surface area contributed by atoms with Crippen LogP contribution in [-0.4, -0.2) is 43.5 Å². The highest BCUT2D eigenvalue weighted by molar-refractivity contribution is 8.00. The van der Waals surface area contributed by atoms with Crippen molar-refractivity contribution in [3.63, 3.8) is 0 Å². The molecule has 1 N–H and O–H groups in total. The summed E-state index contributed by atoms with van der Waals surface area (Å²) >= 11 is 1.36. The predicted octanol–water partition coefficient (Wildman–Crippen LogP) is 4.03. The largest absolute Gasteiger partial charge is 0.496 e. The molecular weight excluding hydrogens is 462 g/mol. The molecule has 0 radical (unpaired) electrons. The Kier molecular flexibility index (Phi) is 6.77. The summed E-state index contributed by atoms with van der Waals surface area (Å²) in [5.41, 5.74) is 1.44. The van der Waals surface area contributed by atoms with Gasteiger partial charge in [-0.25, -0.2) is 0 Å². The molecule has 0 aliphatic heterocycles. The van der Waals surface area contributed by atoms with E-state index < -0.39 is 0 Å². The van der Waals surface area contributed by atoms with Gasteiger partial charge in [-0.1, -0.05) is 61.4 Å². The Morgan fingerprint density at radius 1 is 1.11 bits per heavy atom. The maximum Gasteiger partial charge on any atom is 0.263 e. The first-order chi connectivity index (χ1) is 17.1. The number of carbonyl (C=O) groups excluding carboxylic acids is 1. The lowest BCUT2D eigenvalue weighted by atomic mass is 9.95. The predicted molar refractivity (Wildman–Crippen MR) is 137 cm³/mol. The number of fused-ring (bicyclic) bond motifs is 3. The van der Waals surface area contributed by atoms with Crippen LogP contribution in [0.15, 0.2) is 58.5 Å². The van der Waals surface area contributed by atoms with Crippen LogP contribution in [0.2, 0.25) is 0 Å². The summed E-state index contributed by atoms with van der Waals surface area (Å²) in [6.45, 7) is 2.18. The van der Waals surface area contributed by atoms with Crippen molar-refractivity contribution in [1.29, 1.82) is 0 Å². The van der Waals surface area contributed by atoms with Crippen LogP contribution in [0.4, 0.5) is 0 Å². The number of methoxy groups -OCH3 is 1. The van der Waals surface area contributed by atoms with Crippen molar-refractivity contribution in [1.82, 2.24) is 24.5 Å². The molecule has 1 aliphatic carbocycles. The maximum atomic E-state index is 13.5. The van der Waals surface area contributed by atoms with Gasteiger partial charge in [0, 0.05) is 11.6 Å². The number of nitrogens with one attached hydrogen (secondary N) is 1. The Hall–Kier alpha value is -3.33. The minimum absolute atomic E-state index is 0.00491. The van der Waals surface area contributed by atoms with E-state index in [9.17, 15) is 9.59 Å². The van der Waals surface area contributed by atoms with Crippen LogP contribution >= 0.6 is 11.8 Å². The molecule has 0 bridgehead atoms. The van der Waals surface area contributed by atoms with E-state index >= 15 is 0 Å². The molecule has 0 saturated heterocycles. The van der Waals surface area contributed by atoms with Crippen molar-refractivity contribution in [3.8, 4) is 5.75 Å². The highest BCUT2D eigenvalue weighted by Crippen LogP contribution is 2.27. The topological polar surface area (TPSA) is 90.5 Å². The number of hydrogen-bond donors (Lipinski definition) is 1. The second kappa shape index (κ2) is 10.1. The molecule has 0 spiro atoms. The van der Waals surface area contributed by atoms with Crippen LogP contribution in [0, 0.1) is 0 Å². The second-order valence-corrected chi connectivity index (χ2v) is 10.2. The Morgan fingerprint density at radius 3 is 2.66 bits per heavy atom. The number of benzene rings is 2. The van der Waals surface area contributed by atoms with Gasteiger partial charge in [-0.3, -0.25) is 18.6 Å². The van der Waals surface area contributed by atoms with E-state index in [0.29, 0.717) is 22.1 Å². The average Bonchev–Trinajstić information content (AvgIpc) is 3.30. The van der Waals surface area contributed by atoms with E-state index in [1.807, 2.05) is 59.9 Å². The standard InChI is InChI=1S/C26H29N5O3S/c1-17(23(32)27-19-11-4-3-5-12-19)35-26-29-28-25-30(16-18-10-6-9-15-22(18)34-2)24(33)20-13-7-8-14-21(20)31(25)26/h6-10,13-15,17,19H,3-5,11-12,16H2,1-2H3,(H,27,32). The van der Waals surface area contributed by atoms with Crippen molar-refractivity contribution < 1.29 is 9.53 Å². The van der Waals surface area contributed by atoms with Crippen LogP contribution in [0.25, 0.3) is 16.7 Å².